The molecule has 1 aromatic rings. The van der Waals surface area contributed by atoms with Gasteiger partial charge in [0.15, 0.2) is 0 Å². The Labute approximate surface area is 140 Å². The molecule has 2 atom stereocenters. The smallest absolute Gasteiger partial charge is 0.239 e. The van der Waals surface area contributed by atoms with Crippen molar-refractivity contribution in [2.45, 2.75) is 17.5 Å². The third-order valence-electron chi connectivity index (χ3n) is 3.68. The second-order valence-corrected chi connectivity index (χ2v) is 7.35. The first kappa shape index (κ1) is 17.7. The lowest BCUT2D eigenvalue weighted by Crippen LogP contribution is -3.06. The summed E-state index contributed by atoms with van der Waals surface area (Å²) in [5, 5.41) is 2.07. The predicted octanol–water partition coefficient (Wildman–Crippen LogP) is 0.0489. The summed E-state index contributed by atoms with van der Waals surface area (Å²) in [6.07, 6.45) is 0. The summed E-state index contributed by atoms with van der Waals surface area (Å²) in [6, 6.07) is 6.40. The zero-order valence-corrected chi connectivity index (χ0v) is 14.5. The van der Waals surface area contributed by atoms with E-state index >= 15 is 0 Å². The van der Waals surface area contributed by atoms with Crippen LogP contribution in [-0.4, -0.2) is 55.7 Å². The zero-order chi connectivity index (χ0) is 17.0. The molecule has 0 aromatic heterocycles. The van der Waals surface area contributed by atoms with Crippen molar-refractivity contribution in [1.82, 2.24) is 10.2 Å². The molecule has 1 heterocycles. The van der Waals surface area contributed by atoms with Crippen LogP contribution in [0.5, 0.6) is 0 Å². The Balaban J connectivity index is 2.06. The van der Waals surface area contributed by atoms with Gasteiger partial charge in [0.2, 0.25) is 11.8 Å². The monoisotopic (exact) mass is 340 g/mol. The second-order valence-electron chi connectivity index (χ2n) is 5.93. The number of nitrogens with zero attached hydrogens (tertiary/aromatic N) is 1. The summed E-state index contributed by atoms with van der Waals surface area (Å²) in [7, 11) is 4.01. The van der Waals surface area contributed by atoms with Gasteiger partial charge < -0.3 is 15.1 Å². The maximum Gasteiger partial charge on any atom is 0.239 e. The summed E-state index contributed by atoms with van der Waals surface area (Å²) >= 11 is 1.37. The molecular weight excluding hydrogens is 317 g/mol. The molecule has 2 rings (SSSR count). The van der Waals surface area contributed by atoms with Crippen molar-refractivity contribution in [3.8, 4) is 0 Å². The number of carbonyl (C=O) groups is 2. The van der Waals surface area contributed by atoms with Crippen LogP contribution >= 0.6 is 11.8 Å². The van der Waals surface area contributed by atoms with Crippen molar-refractivity contribution in [3.05, 3.63) is 35.6 Å². The van der Waals surface area contributed by atoms with Crippen LogP contribution in [0, 0.1) is 5.82 Å². The van der Waals surface area contributed by atoms with E-state index in [2.05, 4.69) is 5.32 Å². The van der Waals surface area contributed by atoms with E-state index in [1.807, 2.05) is 14.1 Å². The van der Waals surface area contributed by atoms with Crippen LogP contribution in [0.15, 0.2) is 24.3 Å². The van der Waals surface area contributed by atoms with Crippen LogP contribution in [0.25, 0.3) is 0 Å². The first-order valence-electron chi connectivity index (χ1n) is 7.66. The van der Waals surface area contributed by atoms with Gasteiger partial charge in [0.25, 0.3) is 0 Å². The number of carbonyl (C=O) groups excluding carboxylic acids is 2. The second kappa shape index (κ2) is 7.79. The van der Waals surface area contributed by atoms with E-state index in [1.165, 1.54) is 27.6 Å². The molecule has 0 aliphatic carbocycles. The van der Waals surface area contributed by atoms with Crippen molar-refractivity contribution >= 4 is 23.6 Å². The van der Waals surface area contributed by atoms with E-state index in [9.17, 15) is 14.0 Å². The Hall–Kier alpha value is -1.60. The highest BCUT2D eigenvalue weighted by Gasteiger charge is 2.40. The first-order chi connectivity index (χ1) is 10.9. The summed E-state index contributed by atoms with van der Waals surface area (Å²) in [4.78, 5) is 27.1. The summed E-state index contributed by atoms with van der Waals surface area (Å²) < 4.78 is 14.0. The number of quaternary nitrogens is 1. The molecule has 0 bridgehead atoms. The molecule has 0 spiro atoms. The van der Waals surface area contributed by atoms with Crippen LogP contribution in [0.1, 0.15) is 17.9 Å². The van der Waals surface area contributed by atoms with Crippen molar-refractivity contribution in [3.63, 3.8) is 0 Å². The number of rotatable bonds is 6. The lowest BCUT2D eigenvalue weighted by Gasteiger charge is -2.24. The minimum absolute atomic E-state index is 0.0437. The van der Waals surface area contributed by atoms with Crippen molar-refractivity contribution < 1.29 is 18.9 Å². The van der Waals surface area contributed by atoms with Crippen LogP contribution in [0.3, 0.4) is 0 Å². The standard InChI is InChI=1S/C16H22FN3O2S/c1-11-15(22)20(10-14(21)18-8-9-19(2)3)16(23-11)12-6-4-5-7-13(12)17/h4-7,11,16H,8-10H2,1-3H3,(H,18,21)/p+1/t11-,16+/m1/s1. The average molecular weight is 340 g/mol. The van der Waals surface area contributed by atoms with Crippen molar-refractivity contribution in [2.24, 2.45) is 0 Å². The molecule has 1 aliphatic rings. The third kappa shape index (κ3) is 4.45. The molecule has 1 fully saturated rings. The Morgan fingerprint density at radius 1 is 1.39 bits per heavy atom. The van der Waals surface area contributed by atoms with Gasteiger partial charge in [-0.2, -0.15) is 0 Å². The van der Waals surface area contributed by atoms with E-state index in [0.717, 1.165) is 6.54 Å². The number of amides is 2. The average Bonchev–Trinajstić information content (AvgIpc) is 2.75. The Morgan fingerprint density at radius 3 is 2.74 bits per heavy atom. The minimum Gasteiger partial charge on any atom is -0.349 e. The topological polar surface area (TPSA) is 53.9 Å². The predicted molar refractivity (Wildman–Crippen MR) is 88.6 cm³/mol. The zero-order valence-electron chi connectivity index (χ0n) is 13.6. The fraction of sp³-hybridized carbons (Fsp3) is 0.500. The highest BCUT2D eigenvalue weighted by Crippen LogP contribution is 2.43. The van der Waals surface area contributed by atoms with Gasteiger partial charge in [-0.05, 0) is 13.0 Å². The molecule has 1 aliphatic heterocycles. The van der Waals surface area contributed by atoms with E-state index < -0.39 is 5.37 Å². The van der Waals surface area contributed by atoms with Crippen molar-refractivity contribution in [1.29, 1.82) is 0 Å². The maximum absolute atomic E-state index is 14.0. The molecule has 2 amide bonds. The lowest BCUT2D eigenvalue weighted by atomic mass is 10.2. The fourth-order valence-corrected chi connectivity index (χ4v) is 3.72. The van der Waals surface area contributed by atoms with Crippen LogP contribution < -0.4 is 10.2 Å². The highest BCUT2D eigenvalue weighted by atomic mass is 32.2. The van der Waals surface area contributed by atoms with Gasteiger partial charge in [0, 0.05) is 5.56 Å². The van der Waals surface area contributed by atoms with Gasteiger partial charge in [-0.3, -0.25) is 9.59 Å². The van der Waals surface area contributed by atoms with Gasteiger partial charge in [0.1, 0.15) is 17.7 Å². The van der Waals surface area contributed by atoms with Crippen LogP contribution in [-0.2, 0) is 9.59 Å². The van der Waals surface area contributed by atoms with E-state index in [0.29, 0.717) is 12.1 Å². The molecule has 5 nitrogen and oxygen atoms in total. The van der Waals surface area contributed by atoms with Crippen LogP contribution in [0.4, 0.5) is 4.39 Å². The van der Waals surface area contributed by atoms with Crippen LogP contribution in [0.2, 0.25) is 0 Å². The Kier molecular flexibility index (Phi) is 6.01. The number of hydrogen-bond donors (Lipinski definition) is 2. The maximum atomic E-state index is 14.0. The number of thioether (sulfide) groups is 1. The molecule has 23 heavy (non-hydrogen) atoms. The third-order valence-corrected chi connectivity index (χ3v) is 5.06. The number of halogens is 1. The Morgan fingerprint density at radius 2 is 2.09 bits per heavy atom. The van der Waals surface area contributed by atoms with Gasteiger partial charge in [-0.1, -0.05) is 18.2 Å². The summed E-state index contributed by atoms with van der Waals surface area (Å²) in [6.45, 7) is 3.10. The minimum atomic E-state index is -0.455. The van der Waals surface area contributed by atoms with E-state index in [-0.39, 0.29) is 29.4 Å². The van der Waals surface area contributed by atoms with Crippen molar-refractivity contribution in [2.75, 3.05) is 33.7 Å². The van der Waals surface area contributed by atoms with Gasteiger partial charge in [-0.25, -0.2) is 4.39 Å². The summed E-state index contributed by atoms with van der Waals surface area (Å²) in [5.74, 6) is -0.694. The molecule has 0 saturated carbocycles. The SMILES string of the molecule is C[C@H]1S[C@@H](c2ccccc2F)N(CC(=O)NCC[NH+](C)C)C1=O. The van der Waals surface area contributed by atoms with E-state index in [1.54, 1.807) is 25.1 Å². The Bertz CT molecular complexity index is 582. The summed E-state index contributed by atoms with van der Waals surface area (Å²) in [5.41, 5.74) is 0.445. The molecule has 0 radical (unpaired) electrons. The van der Waals surface area contributed by atoms with E-state index in [4.69, 9.17) is 0 Å². The molecule has 1 aromatic carbocycles. The first-order valence-corrected chi connectivity index (χ1v) is 8.60. The fourth-order valence-electron chi connectivity index (χ4n) is 2.41. The number of nitrogens with one attached hydrogen (secondary N) is 2. The quantitative estimate of drug-likeness (QED) is 0.769. The number of benzene rings is 1. The normalized spacial score (nSPS) is 21.1. The van der Waals surface area contributed by atoms with Gasteiger partial charge in [0.05, 0.1) is 32.4 Å². The molecule has 7 heteroatoms. The molecule has 126 valence electrons. The number of likely N-dealkylation sites (N-methyl/N-ethyl adjacent to an activating group) is 1. The number of hydrogen-bond acceptors (Lipinski definition) is 3. The lowest BCUT2D eigenvalue weighted by molar-refractivity contribution is -0.856. The molecular formula is C16H23FN3O2S+. The molecule has 1 saturated heterocycles. The highest BCUT2D eigenvalue weighted by molar-refractivity contribution is 8.01. The molecule has 0 unspecified atom stereocenters. The molecule has 2 N–H and O–H groups in total. The van der Waals surface area contributed by atoms with Gasteiger partial charge in [-0.15, -0.1) is 11.8 Å². The van der Waals surface area contributed by atoms with Gasteiger partial charge >= 0.3 is 0 Å². The largest absolute Gasteiger partial charge is 0.349 e.